The zero-order chi connectivity index (χ0) is 13.8. The number of aromatic hydroxyl groups is 1. The highest BCUT2D eigenvalue weighted by Gasteiger charge is 2.10. The number of anilines is 1. The molecule has 0 fully saturated rings. The summed E-state index contributed by atoms with van der Waals surface area (Å²) in [5.74, 6) is -0.0915. The van der Waals surface area contributed by atoms with E-state index in [1.54, 1.807) is 30.3 Å². The summed E-state index contributed by atoms with van der Waals surface area (Å²) in [6.07, 6.45) is 0.108. The van der Waals surface area contributed by atoms with Gasteiger partial charge in [0.25, 0.3) is 0 Å². The summed E-state index contributed by atoms with van der Waals surface area (Å²) < 4.78 is 0. The van der Waals surface area contributed by atoms with Crippen LogP contribution in [0.3, 0.4) is 0 Å². The number of amides is 1. The van der Waals surface area contributed by atoms with Crippen LogP contribution in [-0.2, 0) is 11.2 Å². The Labute approximate surface area is 116 Å². The first-order valence-electron chi connectivity index (χ1n) is 5.90. The van der Waals surface area contributed by atoms with Crippen molar-refractivity contribution < 1.29 is 9.90 Å². The second-order valence-electron chi connectivity index (χ2n) is 4.29. The molecule has 0 aliphatic carbocycles. The number of rotatable bonds is 3. The van der Waals surface area contributed by atoms with Crippen LogP contribution < -0.4 is 5.32 Å². The molecule has 0 saturated carbocycles. The predicted octanol–water partition coefficient (Wildman–Crippen LogP) is 3.54. The van der Waals surface area contributed by atoms with E-state index < -0.39 is 0 Å². The maximum atomic E-state index is 12.0. The summed E-state index contributed by atoms with van der Waals surface area (Å²) >= 11 is 6.04. The van der Waals surface area contributed by atoms with Gasteiger partial charge in [0.05, 0.1) is 17.1 Å². The standard InChI is InChI=1S/C15H14ClNO2/c1-10-5-4-7-12(16)15(10)17-14(19)9-11-6-2-3-8-13(11)18/h2-8,18H,9H2,1H3,(H,17,19). The molecule has 0 unspecified atom stereocenters. The van der Waals surface area contributed by atoms with E-state index in [9.17, 15) is 9.90 Å². The van der Waals surface area contributed by atoms with E-state index in [0.29, 0.717) is 16.3 Å². The fourth-order valence-corrected chi connectivity index (χ4v) is 2.08. The first kappa shape index (κ1) is 13.4. The van der Waals surface area contributed by atoms with E-state index in [4.69, 9.17) is 11.6 Å². The lowest BCUT2D eigenvalue weighted by Crippen LogP contribution is -2.15. The molecule has 2 N–H and O–H groups in total. The van der Waals surface area contributed by atoms with Crippen LogP contribution in [0.2, 0.25) is 5.02 Å². The number of nitrogens with one attached hydrogen (secondary N) is 1. The third-order valence-corrected chi connectivity index (χ3v) is 3.14. The minimum atomic E-state index is -0.210. The molecule has 2 aromatic rings. The molecule has 0 saturated heterocycles. The number of hydrogen-bond acceptors (Lipinski definition) is 2. The highest BCUT2D eigenvalue weighted by atomic mass is 35.5. The molecular weight excluding hydrogens is 262 g/mol. The van der Waals surface area contributed by atoms with Crippen LogP contribution in [-0.4, -0.2) is 11.0 Å². The third-order valence-electron chi connectivity index (χ3n) is 2.83. The van der Waals surface area contributed by atoms with E-state index in [-0.39, 0.29) is 18.1 Å². The normalized spacial score (nSPS) is 10.2. The van der Waals surface area contributed by atoms with Gasteiger partial charge >= 0.3 is 0 Å². The first-order valence-corrected chi connectivity index (χ1v) is 6.27. The largest absolute Gasteiger partial charge is 0.508 e. The third kappa shape index (κ3) is 3.26. The predicted molar refractivity (Wildman–Crippen MR) is 76.6 cm³/mol. The molecule has 0 radical (unpaired) electrons. The Kier molecular flexibility index (Phi) is 4.07. The molecule has 0 spiro atoms. The Morgan fingerprint density at radius 2 is 1.95 bits per heavy atom. The van der Waals surface area contributed by atoms with Gasteiger partial charge in [-0.15, -0.1) is 0 Å². The van der Waals surface area contributed by atoms with Gasteiger partial charge in [-0.2, -0.15) is 0 Å². The molecular formula is C15H14ClNO2. The first-order chi connectivity index (χ1) is 9.08. The van der Waals surface area contributed by atoms with Crippen LogP contribution in [0.5, 0.6) is 5.75 Å². The Bertz CT molecular complexity index is 591. The molecule has 0 atom stereocenters. The number of phenols is 1. The second-order valence-corrected chi connectivity index (χ2v) is 4.69. The fraction of sp³-hybridized carbons (Fsp3) is 0.133. The zero-order valence-corrected chi connectivity index (χ0v) is 11.2. The van der Waals surface area contributed by atoms with Gasteiger partial charge in [-0.05, 0) is 24.6 Å². The van der Waals surface area contributed by atoms with Gasteiger partial charge in [0.2, 0.25) is 5.91 Å². The van der Waals surface area contributed by atoms with Gasteiger partial charge in [0.1, 0.15) is 5.75 Å². The monoisotopic (exact) mass is 275 g/mol. The molecule has 0 heterocycles. The van der Waals surface area contributed by atoms with Crippen LogP contribution in [0.15, 0.2) is 42.5 Å². The Morgan fingerprint density at radius 1 is 1.21 bits per heavy atom. The van der Waals surface area contributed by atoms with Crippen molar-refractivity contribution in [3.8, 4) is 5.75 Å². The van der Waals surface area contributed by atoms with Crippen LogP contribution in [0, 0.1) is 6.92 Å². The molecule has 2 aromatic carbocycles. The number of benzene rings is 2. The number of phenolic OH excluding ortho intramolecular Hbond substituents is 1. The van der Waals surface area contributed by atoms with Gasteiger partial charge < -0.3 is 10.4 Å². The van der Waals surface area contributed by atoms with Crippen LogP contribution >= 0.6 is 11.6 Å². The minimum Gasteiger partial charge on any atom is -0.508 e. The fourth-order valence-electron chi connectivity index (χ4n) is 1.81. The van der Waals surface area contributed by atoms with Crippen molar-refractivity contribution in [2.45, 2.75) is 13.3 Å². The molecule has 1 amide bonds. The van der Waals surface area contributed by atoms with E-state index in [1.165, 1.54) is 0 Å². The van der Waals surface area contributed by atoms with E-state index in [2.05, 4.69) is 5.32 Å². The number of para-hydroxylation sites is 2. The minimum absolute atomic E-state index is 0.108. The average Bonchev–Trinajstić information content (AvgIpc) is 2.37. The van der Waals surface area contributed by atoms with Crippen molar-refractivity contribution in [3.63, 3.8) is 0 Å². The molecule has 98 valence electrons. The summed E-state index contributed by atoms with van der Waals surface area (Å²) in [4.78, 5) is 12.0. The van der Waals surface area contributed by atoms with Gasteiger partial charge in [0, 0.05) is 5.56 Å². The van der Waals surface area contributed by atoms with Crippen molar-refractivity contribution in [3.05, 3.63) is 58.6 Å². The van der Waals surface area contributed by atoms with Crippen molar-refractivity contribution in [1.29, 1.82) is 0 Å². The molecule has 4 heteroatoms. The van der Waals surface area contributed by atoms with Crippen molar-refractivity contribution >= 4 is 23.2 Å². The maximum Gasteiger partial charge on any atom is 0.228 e. The summed E-state index contributed by atoms with van der Waals surface area (Å²) in [5, 5.41) is 12.9. The van der Waals surface area contributed by atoms with E-state index >= 15 is 0 Å². The van der Waals surface area contributed by atoms with Gasteiger partial charge in [0.15, 0.2) is 0 Å². The highest BCUT2D eigenvalue weighted by molar-refractivity contribution is 6.33. The maximum absolute atomic E-state index is 12.0. The van der Waals surface area contributed by atoms with Crippen LogP contribution in [0.25, 0.3) is 0 Å². The number of aryl methyl sites for hydroxylation is 1. The van der Waals surface area contributed by atoms with Crippen molar-refractivity contribution in [1.82, 2.24) is 0 Å². The quantitative estimate of drug-likeness (QED) is 0.900. The van der Waals surface area contributed by atoms with Crippen LogP contribution in [0.4, 0.5) is 5.69 Å². The molecule has 2 rings (SSSR count). The number of carbonyl (C=O) groups is 1. The van der Waals surface area contributed by atoms with Gasteiger partial charge in [-0.1, -0.05) is 41.9 Å². The number of carbonyl (C=O) groups excluding carboxylic acids is 1. The molecule has 19 heavy (non-hydrogen) atoms. The summed E-state index contributed by atoms with van der Waals surface area (Å²) in [6, 6.07) is 12.2. The summed E-state index contributed by atoms with van der Waals surface area (Å²) in [7, 11) is 0. The Balaban J connectivity index is 2.12. The molecule has 0 aromatic heterocycles. The number of halogens is 1. The van der Waals surface area contributed by atoms with Crippen molar-refractivity contribution in [2.24, 2.45) is 0 Å². The van der Waals surface area contributed by atoms with E-state index in [0.717, 1.165) is 5.56 Å². The van der Waals surface area contributed by atoms with Gasteiger partial charge in [-0.25, -0.2) is 0 Å². The highest BCUT2D eigenvalue weighted by Crippen LogP contribution is 2.25. The molecule has 0 aliphatic heterocycles. The lowest BCUT2D eigenvalue weighted by Gasteiger charge is -2.10. The zero-order valence-electron chi connectivity index (χ0n) is 10.5. The average molecular weight is 276 g/mol. The molecule has 0 bridgehead atoms. The SMILES string of the molecule is Cc1cccc(Cl)c1NC(=O)Cc1ccccc1O. The van der Waals surface area contributed by atoms with Crippen LogP contribution in [0.1, 0.15) is 11.1 Å². The Morgan fingerprint density at radius 3 is 2.63 bits per heavy atom. The van der Waals surface area contributed by atoms with E-state index in [1.807, 2.05) is 19.1 Å². The van der Waals surface area contributed by atoms with Crippen molar-refractivity contribution in [2.75, 3.05) is 5.32 Å². The lowest BCUT2D eigenvalue weighted by atomic mass is 10.1. The Hall–Kier alpha value is -2.00. The van der Waals surface area contributed by atoms with Gasteiger partial charge in [-0.3, -0.25) is 4.79 Å². The number of hydrogen-bond donors (Lipinski definition) is 2. The summed E-state index contributed by atoms with van der Waals surface area (Å²) in [5.41, 5.74) is 2.10. The molecule has 0 aliphatic rings. The second kappa shape index (κ2) is 5.76. The topological polar surface area (TPSA) is 49.3 Å². The lowest BCUT2D eigenvalue weighted by molar-refractivity contribution is -0.115. The smallest absolute Gasteiger partial charge is 0.228 e. The summed E-state index contributed by atoms with van der Waals surface area (Å²) in [6.45, 7) is 1.88. The molecule has 3 nitrogen and oxygen atoms in total.